The van der Waals surface area contributed by atoms with E-state index in [2.05, 4.69) is 0 Å². The van der Waals surface area contributed by atoms with Crippen LogP contribution in [0.15, 0.2) is 48.5 Å². The van der Waals surface area contributed by atoms with Crippen molar-refractivity contribution in [2.75, 3.05) is 20.4 Å². The van der Waals surface area contributed by atoms with Gasteiger partial charge >= 0.3 is 5.97 Å². The predicted molar refractivity (Wildman–Crippen MR) is 101 cm³/mol. The summed E-state index contributed by atoms with van der Waals surface area (Å²) in [6.45, 7) is -0.588. The van der Waals surface area contributed by atoms with Gasteiger partial charge in [0, 0.05) is 6.08 Å². The maximum absolute atomic E-state index is 12.2. The van der Waals surface area contributed by atoms with Crippen LogP contribution in [0.1, 0.15) is 26.3 Å². The topological polar surface area (TPSA) is 106 Å². The molecule has 0 spiro atoms. The van der Waals surface area contributed by atoms with Gasteiger partial charge in [-0.25, -0.2) is 9.69 Å². The highest BCUT2D eigenvalue weighted by atomic mass is 16.5. The minimum Gasteiger partial charge on any atom is -0.493 e. The fourth-order valence-electron chi connectivity index (χ4n) is 2.71. The van der Waals surface area contributed by atoms with Gasteiger partial charge in [-0.1, -0.05) is 18.2 Å². The van der Waals surface area contributed by atoms with Crippen molar-refractivity contribution >= 4 is 23.9 Å². The Morgan fingerprint density at radius 1 is 1.10 bits per heavy atom. The molecule has 0 bridgehead atoms. The van der Waals surface area contributed by atoms with Crippen LogP contribution < -0.4 is 9.47 Å². The standard InChI is InChI=1S/C21H16N2O6/c1-27-18-12-14(6-8-17(18)28-11-10-22)7-9-19(24)29-13-23-20(25)15-4-2-3-5-16(15)21(23)26/h2-9,12H,11,13H2,1H3. The number of fused-ring (bicyclic) bond motifs is 1. The number of imide groups is 1. The minimum absolute atomic E-state index is 0.115. The molecule has 0 unspecified atom stereocenters. The summed E-state index contributed by atoms with van der Waals surface area (Å²) in [7, 11) is 1.46. The molecule has 1 heterocycles. The Bertz CT molecular complexity index is 1000. The van der Waals surface area contributed by atoms with Gasteiger partial charge in [0.2, 0.25) is 0 Å². The second-order valence-electron chi connectivity index (χ2n) is 5.87. The summed E-state index contributed by atoms with van der Waals surface area (Å²) < 4.78 is 15.4. The molecule has 0 aromatic heterocycles. The summed E-state index contributed by atoms with van der Waals surface area (Å²) in [5.41, 5.74) is 1.20. The van der Waals surface area contributed by atoms with Gasteiger partial charge in [0.25, 0.3) is 11.8 Å². The van der Waals surface area contributed by atoms with Crippen molar-refractivity contribution in [3.8, 4) is 17.6 Å². The molecule has 0 atom stereocenters. The van der Waals surface area contributed by atoms with Crippen LogP contribution in [0.5, 0.6) is 11.5 Å². The Kier molecular flexibility index (Phi) is 5.90. The summed E-state index contributed by atoms with van der Waals surface area (Å²) in [6.07, 6.45) is 2.66. The molecule has 8 nitrogen and oxygen atoms in total. The van der Waals surface area contributed by atoms with E-state index in [0.29, 0.717) is 17.1 Å². The number of methoxy groups -OCH3 is 1. The van der Waals surface area contributed by atoms with Crippen molar-refractivity contribution in [1.82, 2.24) is 4.90 Å². The molecule has 0 fully saturated rings. The van der Waals surface area contributed by atoms with Crippen LogP contribution in [0.2, 0.25) is 0 Å². The molecule has 2 aromatic carbocycles. The largest absolute Gasteiger partial charge is 0.493 e. The lowest BCUT2D eigenvalue weighted by Gasteiger charge is -2.12. The van der Waals surface area contributed by atoms with Gasteiger partial charge in [0.15, 0.2) is 24.8 Å². The van der Waals surface area contributed by atoms with Crippen LogP contribution >= 0.6 is 0 Å². The molecular weight excluding hydrogens is 376 g/mol. The molecule has 1 aliphatic heterocycles. The van der Waals surface area contributed by atoms with Crippen LogP contribution in [0.4, 0.5) is 0 Å². The van der Waals surface area contributed by atoms with E-state index in [1.54, 1.807) is 42.5 Å². The number of carbonyl (C=O) groups is 3. The van der Waals surface area contributed by atoms with E-state index in [9.17, 15) is 14.4 Å². The lowest BCUT2D eigenvalue weighted by atomic mass is 10.1. The molecule has 0 saturated heterocycles. The van der Waals surface area contributed by atoms with E-state index in [0.717, 1.165) is 4.90 Å². The quantitative estimate of drug-likeness (QED) is 0.405. The zero-order valence-corrected chi connectivity index (χ0v) is 15.5. The first-order chi connectivity index (χ1) is 14.0. The van der Waals surface area contributed by atoms with Crippen molar-refractivity contribution in [2.24, 2.45) is 0 Å². The summed E-state index contributed by atoms with van der Waals surface area (Å²) in [5.74, 6) is -0.910. The molecule has 3 rings (SSSR count). The monoisotopic (exact) mass is 392 g/mol. The first-order valence-corrected chi connectivity index (χ1v) is 8.53. The van der Waals surface area contributed by atoms with Crippen LogP contribution in [-0.2, 0) is 9.53 Å². The van der Waals surface area contributed by atoms with E-state index < -0.39 is 24.5 Å². The van der Waals surface area contributed by atoms with Crippen molar-refractivity contribution in [1.29, 1.82) is 5.26 Å². The SMILES string of the molecule is COc1cc(C=CC(=O)OCN2C(=O)c3ccccc3C2=O)ccc1OCC#N. The molecule has 0 N–H and O–H groups in total. The highest BCUT2D eigenvalue weighted by molar-refractivity contribution is 6.21. The van der Waals surface area contributed by atoms with Crippen LogP contribution in [-0.4, -0.2) is 43.1 Å². The van der Waals surface area contributed by atoms with Gasteiger partial charge in [-0.05, 0) is 35.9 Å². The van der Waals surface area contributed by atoms with Crippen molar-refractivity contribution in [3.63, 3.8) is 0 Å². The summed E-state index contributed by atoms with van der Waals surface area (Å²) in [6, 6.07) is 13.2. The zero-order valence-electron chi connectivity index (χ0n) is 15.5. The van der Waals surface area contributed by atoms with E-state index >= 15 is 0 Å². The molecule has 2 amide bonds. The number of hydrogen-bond acceptors (Lipinski definition) is 7. The number of hydrogen-bond donors (Lipinski definition) is 0. The molecule has 2 aromatic rings. The average molecular weight is 392 g/mol. The smallest absolute Gasteiger partial charge is 0.332 e. The van der Waals surface area contributed by atoms with Crippen LogP contribution in [0.25, 0.3) is 6.08 Å². The fourth-order valence-corrected chi connectivity index (χ4v) is 2.71. The number of carbonyl (C=O) groups excluding carboxylic acids is 3. The Morgan fingerprint density at radius 2 is 1.79 bits per heavy atom. The molecule has 1 aliphatic rings. The van der Waals surface area contributed by atoms with Gasteiger partial charge in [-0.3, -0.25) is 9.59 Å². The Balaban J connectivity index is 1.60. The summed E-state index contributed by atoms with van der Waals surface area (Å²) >= 11 is 0. The van der Waals surface area contributed by atoms with Crippen LogP contribution in [0, 0.1) is 11.3 Å². The number of amides is 2. The highest BCUT2D eigenvalue weighted by Gasteiger charge is 2.35. The lowest BCUT2D eigenvalue weighted by Crippen LogP contribution is -2.32. The lowest BCUT2D eigenvalue weighted by molar-refractivity contribution is -0.140. The third-order valence-corrected chi connectivity index (χ3v) is 4.11. The number of nitrogens with zero attached hydrogens (tertiary/aromatic N) is 2. The van der Waals surface area contributed by atoms with Gasteiger partial charge in [0.1, 0.15) is 6.07 Å². The zero-order chi connectivity index (χ0) is 20.8. The number of rotatable bonds is 7. The minimum atomic E-state index is -0.717. The summed E-state index contributed by atoms with van der Waals surface area (Å²) in [5, 5.41) is 8.58. The molecule has 29 heavy (non-hydrogen) atoms. The fraction of sp³-hybridized carbons (Fsp3) is 0.143. The molecule has 146 valence electrons. The molecule has 0 saturated carbocycles. The number of esters is 1. The third-order valence-electron chi connectivity index (χ3n) is 4.11. The second kappa shape index (κ2) is 8.71. The van der Waals surface area contributed by atoms with Gasteiger partial charge in [-0.15, -0.1) is 0 Å². The van der Waals surface area contributed by atoms with Crippen molar-refractivity contribution in [2.45, 2.75) is 0 Å². The maximum Gasteiger partial charge on any atom is 0.332 e. The first-order valence-electron chi connectivity index (χ1n) is 8.53. The molecule has 0 aliphatic carbocycles. The summed E-state index contributed by atoms with van der Waals surface area (Å²) in [4.78, 5) is 37.3. The second-order valence-corrected chi connectivity index (χ2v) is 5.87. The number of benzene rings is 2. The average Bonchev–Trinajstić information content (AvgIpc) is 2.99. The number of ether oxygens (including phenoxy) is 3. The molecule has 8 heteroatoms. The third kappa shape index (κ3) is 4.25. The van der Waals surface area contributed by atoms with Gasteiger partial charge < -0.3 is 14.2 Å². The Morgan fingerprint density at radius 3 is 2.41 bits per heavy atom. The van der Waals surface area contributed by atoms with Crippen molar-refractivity contribution < 1.29 is 28.6 Å². The number of nitriles is 1. The first kappa shape index (κ1) is 19.6. The maximum atomic E-state index is 12.2. The van der Waals surface area contributed by atoms with E-state index in [4.69, 9.17) is 19.5 Å². The normalized spacial score (nSPS) is 12.6. The Labute approximate surface area is 166 Å². The highest BCUT2D eigenvalue weighted by Crippen LogP contribution is 2.28. The predicted octanol–water partition coefficient (Wildman–Crippen LogP) is 2.41. The van der Waals surface area contributed by atoms with E-state index in [1.807, 2.05) is 6.07 Å². The Hall–Kier alpha value is -4.12. The van der Waals surface area contributed by atoms with E-state index in [1.165, 1.54) is 19.3 Å². The van der Waals surface area contributed by atoms with Gasteiger partial charge in [-0.2, -0.15) is 5.26 Å². The van der Waals surface area contributed by atoms with E-state index in [-0.39, 0.29) is 17.7 Å². The molecular formula is C21H16N2O6. The van der Waals surface area contributed by atoms with Gasteiger partial charge in [0.05, 0.1) is 18.2 Å². The molecule has 0 radical (unpaired) electrons. The van der Waals surface area contributed by atoms with Crippen LogP contribution in [0.3, 0.4) is 0 Å². The van der Waals surface area contributed by atoms with Crippen molar-refractivity contribution in [3.05, 3.63) is 65.2 Å².